The number of benzene rings is 2. The van der Waals surface area contributed by atoms with Crippen LogP contribution in [0.25, 0.3) is 5.69 Å². The first-order valence-corrected chi connectivity index (χ1v) is 13.3. The largest absolute Gasteiger partial charge is 0.370 e. The lowest BCUT2D eigenvalue weighted by atomic mass is 10.1. The van der Waals surface area contributed by atoms with Crippen LogP contribution in [0.3, 0.4) is 0 Å². The molecular formula is C24H25N7O4S. The second kappa shape index (κ2) is 8.79. The van der Waals surface area contributed by atoms with Gasteiger partial charge in [-0.15, -0.1) is 0 Å². The van der Waals surface area contributed by atoms with E-state index in [1.807, 2.05) is 29.2 Å². The Balaban J connectivity index is 1.55. The van der Waals surface area contributed by atoms with E-state index in [1.165, 1.54) is 16.8 Å². The fraction of sp³-hybridized carbons (Fsp3) is 0.250. The lowest BCUT2D eigenvalue weighted by Gasteiger charge is -2.29. The molecule has 0 atom stereocenters. The molecule has 2 aliphatic rings. The van der Waals surface area contributed by atoms with Crippen LogP contribution in [0.1, 0.15) is 32.8 Å². The van der Waals surface area contributed by atoms with Crippen molar-refractivity contribution >= 4 is 39.0 Å². The molecule has 36 heavy (non-hydrogen) atoms. The molecule has 11 nitrogen and oxygen atoms in total. The minimum atomic E-state index is -3.71. The number of rotatable bonds is 5. The van der Waals surface area contributed by atoms with Crippen molar-refractivity contribution in [3.8, 4) is 5.69 Å². The molecule has 0 fully saturated rings. The van der Waals surface area contributed by atoms with Gasteiger partial charge in [-0.25, -0.2) is 13.1 Å². The number of fused-ring (bicyclic) bond motifs is 1. The van der Waals surface area contributed by atoms with Gasteiger partial charge in [-0.05, 0) is 55.3 Å². The van der Waals surface area contributed by atoms with E-state index in [-0.39, 0.29) is 22.8 Å². The number of hydrogen-bond acceptors (Lipinski definition) is 8. The Kier molecular flexibility index (Phi) is 5.75. The summed E-state index contributed by atoms with van der Waals surface area (Å²) in [5.74, 6) is -0.577. The molecule has 186 valence electrons. The van der Waals surface area contributed by atoms with Crippen LogP contribution in [0.2, 0.25) is 0 Å². The van der Waals surface area contributed by atoms with Crippen LogP contribution in [0.4, 0.5) is 11.4 Å². The first-order valence-electron chi connectivity index (χ1n) is 11.4. The SMILES string of the molecule is CS(=O)(=O)c1nn(-c2cccc(C(N)=O)c2)c2c1CCN(c1ccc(N3CCCN=C3N)cc1)C2=O. The molecule has 0 unspecified atom stereocenters. The highest BCUT2D eigenvalue weighted by Crippen LogP contribution is 2.32. The van der Waals surface area contributed by atoms with E-state index in [2.05, 4.69) is 10.1 Å². The average Bonchev–Trinajstić information content (AvgIpc) is 3.26. The Hall–Kier alpha value is -4.19. The van der Waals surface area contributed by atoms with Crippen LogP contribution < -0.4 is 21.3 Å². The summed E-state index contributed by atoms with van der Waals surface area (Å²) < 4.78 is 26.3. The van der Waals surface area contributed by atoms with E-state index >= 15 is 0 Å². The van der Waals surface area contributed by atoms with Gasteiger partial charge in [0.25, 0.3) is 5.91 Å². The third-order valence-electron chi connectivity index (χ3n) is 6.27. The molecule has 0 spiro atoms. The maximum atomic E-state index is 13.7. The quantitative estimate of drug-likeness (QED) is 0.523. The van der Waals surface area contributed by atoms with E-state index in [9.17, 15) is 18.0 Å². The molecular weight excluding hydrogens is 482 g/mol. The monoisotopic (exact) mass is 507 g/mol. The van der Waals surface area contributed by atoms with Gasteiger partial charge >= 0.3 is 0 Å². The van der Waals surface area contributed by atoms with Crippen molar-refractivity contribution in [3.05, 3.63) is 65.4 Å². The van der Waals surface area contributed by atoms with Gasteiger partial charge in [0.1, 0.15) is 5.69 Å². The van der Waals surface area contributed by atoms with Crippen LogP contribution in [0, 0.1) is 0 Å². The van der Waals surface area contributed by atoms with Crippen LogP contribution >= 0.6 is 0 Å². The second-order valence-corrected chi connectivity index (χ2v) is 10.6. The number of nitrogens with zero attached hydrogens (tertiary/aromatic N) is 5. The number of nitrogens with two attached hydrogens (primary N) is 2. The first-order chi connectivity index (χ1) is 17.1. The summed E-state index contributed by atoms with van der Waals surface area (Å²) in [5.41, 5.74) is 14.0. The van der Waals surface area contributed by atoms with Gasteiger partial charge in [0, 0.05) is 48.4 Å². The Labute approximate surface area is 207 Å². The van der Waals surface area contributed by atoms with Gasteiger partial charge < -0.3 is 21.3 Å². The molecule has 4 N–H and O–H groups in total. The molecule has 2 amide bonds. The van der Waals surface area contributed by atoms with E-state index in [4.69, 9.17) is 11.5 Å². The summed E-state index contributed by atoms with van der Waals surface area (Å²) in [7, 11) is -3.71. The van der Waals surface area contributed by atoms with Crippen molar-refractivity contribution in [1.82, 2.24) is 9.78 Å². The highest BCUT2D eigenvalue weighted by atomic mass is 32.2. The van der Waals surface area contributed by atoms with E-state index in [1.54, 1.807) is 17.0 Å². The first kappa shape index (κ1) is 23.5. The van der Waals surface area contributed by atoms with Crippen LogP contribution in [0.15, 0.2) is 58.5 Å². The van der Waals surface area contributed by atoms with E-state index < -0.39 is 21.7 Å². The molecule has 0 saturated carbocycles. The molecule has 3 aromatic rings. The van der Waals surface area contributed by atoms with Crippen molar-refractivity contribution in [2.24, 2.45) is 16.5 Å². The zero-order chi connectivity index (χ0) is 25.6. The highest BCUT2D eigenvalue weighted by molar-refractivity contribution is 7.90. The average molecular weight is 508 g/mol. The summed E-state index contributed by atoms with van der Waals surface area (Å²) in [5, 5.41) is 4.14. The molecule has 2 aliphatic heterocycles. The summed E-state index contributed by atoms with van der Waals surface area (Å²) in [4.78, 5) is 33.2. The number of primary amides is 1. The van der Waals surface area contributed by atoms with Crippen molar-refractivity contribution in [2.45, 2.75) is 17.9 Å². The van der Waals surface area contributed by atoms with Crippen LogP contribution in [-0.4, -0.2) is 61.9 Å². The minimum absolute atomic E-state index is 0.139. The van der Waals surface area contributed by atoms with E-state index in [0.29, 0.717) is 35.9 Å². The number of hydrogen-bond donors (Lipinski definition) is 2. The number of aliphatic imine (C=N–C) groups is 1. The molecule has 2 aromatic carbocycles. The highest BCUT2D eigenvalue weighted by Gasteiger charge is 2.36. The summed E-state index contributed by atoms with van der Waals surface area (Å²) >= 11 is 0. The molecule has 5 rings (SSSR count). The normalized spacial score (nSPS) is 16.0. The fourth-order valence-corrected chi connectivity index (χ4v) is 5.42. The van der Waals surface area contributed by atoms with Crippen molar-refractivity contribution in [1.29, 1.82) is 0 Å². The number of anilines is 2. The minimum Gasteiger partial charge on any atom is -0.370 e. The number of carbonyl (C=O) groups excluding carboxylic acids is 2. The lowest BCUT2D eigenvalue weighted by molar-refractivity contribution is 0.0971. The second-order valence-electron chi connectivity index (χ2n) is 8.70. The maximum Gasteiger partial charge on any atom is 0.277 e. The van der Waals surface area contributed by atoms with Crippen LogP contribution in [-0.2, 0) is 16.3 Å². The molecule has 0 bridgehead atoms. The Morgan fingerprint density at radius 2 is 1.69 bits per heavy atom. The molecule has 0 saturated heterocycles. The standard InChI is InChI=1S/C24H25N7O4S/c1-36(34,35)22-19-10-13-29(16-6-8-17(9-7-16)30-12-3-11-27-24(30)26)23(33)20(19)31(28-22)18-5-2-4-15(14-18)21(25)32/h2,4-9,14H,3,10-13H2,1H3,(H2,25,32)(H2,26,27). The van der Waals surface area contributed by atoms with Crippen molar-refractivity contribution < 1.29 is 18.0 Å². The number of sulfone groups is 1. The third-order valence-corrected chi connectivity index (χ3v) is 7.30. The van der Waals surface area contributed by atoms with E-state index in [0.717, 1.165) is 24.9 Å². The predicted molar refractivity (Wildman–Crippen MR) is 135 cm³/mol. The maximum absolute atomic E-state index is 13.7. The number of carbonyl (C=O) groups is 2. The Morgan fingerprint density at radius 3 is 2.33 bits per heavy atom. The van der Waals surface area contributed by atoms with Gasteiger partial charge in [0.2, 0.25) is 5.91 Å². The predicted octanol–water partition coefficient (Wildman–Crippen LogP) is 1.10. The molecule has 0 radical (unpaired) electrons. The van der Waals surface area contributed by atoms with Gasteiger partial charge in [0.15, 0.2) is 20.8 Å². The fourth-order valence-electron chi connectivity index (χ4n) is 4.55. The van der Waals surface area contributed by atoms with Crippen molar-refractivity contribution in [3.63, 3.8) is 0 Å². The Bertz CT molecular complexity index is 1510. The molecule has 1 aromatic heterocycles. The summed E-state index contributed by atoms with van der Waals surface area (Å²) in [6, 6.07) is 13.7. The number of guanidine groups is 1. The van der Waals surface area contributed by atoms with Gasteiger partial charge in [-0.2, -0.15) is 5.10 Å². The zero-order valence-electron chi connectivity index (χ0n) is 19.6. The molecule has 0 aliphatic carbocycles. The van der Waals surface area contributed by atoms with Gasteiger partial charge in [-0.1, -0.05) is 6.07 Å². The number of aromatic nitrogens is 2. The summed E-state index contributed by atoms with van der Waals surface area (Å²) in [6.07, 6.45) is 2.26. The molecule has 12 heteroatoms. The zero-order valence-corrected chi connectivity index (χ0v) is 20.4. The summed E-state index contributed by atoms with van der Waals surface area (Å²) in [6.45, 7) is 1.75. The van der Waals surface area contributed by atoms with Crippen molar-refractivity contribution in [2.75, 3.05) is 35.7 Å². The van der Waals surface area contributed by atoms with Gasteiger partial charge in [-0.3, -0.25) is 14.6 Å². The molecule has 3 heterocycles. The number of amides is 2. The third kappa shape index (κ3) is 4.09. The van der Waals surface area contributed by atoms with Crippen LogP contribution in [0.5, 0.6) is 0 Å². The lowest BCUT2D eigenvalue weighted by Crippen LogP contribution is -2.41. The van der Waals surface area contributed by atoms with Gasteiger partial charge in [0.05, 0.1) is 5.69 Å². The topological polar surface area (TPSA) is 157 Å². The Morgan fingerprint density at radius 1 is 1.00 bits per heavy atom. The smallest absolute Gasteiger partial charge is 0.277 e.